The van der Waals surface area contributed by atoms with E-state index in [4.69, 9.17) is 0 Å². The van der Waals surface area contributed by atoms with Crippen LogP contribution in [0, 0.1) is 0 Å². The SMILES string of the molecule is CC1(C)c2[nH]nc(NC(=O)C3([Si](C)(C)C)CCC3)c2CN1C(=O)CC(CO)c1ccccc1. The number of aromatic nitrogens is 2. The van der Waals surface area contributed by atoms with Crippen molar-refractivity contribution in [1.29, 1.82) is 0 Å². The molecular formula is C25H36N4O3Si. The number of carbonyl (C=O) groups is 2. The van der Waals surface area contributed by atoms with E-state index >= 15 is 0 Å². The number of benzene rings is 1. The summed E-state index contributed by atoms with van der Waals surface area (Å²) >= 11 is 0. The number of fused-ring (bicyclic) bond motifs is 1. The molecule has 3 N–H and O–H groups in total. The summed E-state index contributed by atoms with van der Waals surface area (Å²) in [5, 5.41) is 20.3. The second-order valence-corrected chi connectivity index (χ2v) is 16.6. The van der Waals surface area contributed by atoms with Crippen LogP contribution in [-0.4, -0.2) is 46.7 Å². The first-order valence-corrected chi connectivity index (χ1v) is 15.4. The Kier molecular flexibility index (Phi) is 6.03. The van der Waals surface area contributed by atoms with Crippen molar-refractivity contribution >= 4 is 25.7 Å². The average Bonchev–Trinajstić information content (AvgIpc) is 3.23. The fourth-order valence-corrected chi connectivity index (χ4v) is 8.03. The topological polar surface area (TPSA) is 98.3 Å². The number of aliphatic hydroxyl groups excluding tert-OH is 1. The second kappa shape index (κ2) is 8.40. The Morgan fingerprint density at radius 3 is 2.42 bits per heavy atom. The molecule has 1 fully saturated rings. The third-order valence-corrected chi connectivity index (χ3v) is 11.6. The summed E-state index contributed by atoms with van der Waals surface area (Å²) in [6.07, 6.45) is 3.21. The van der Waals surface area contributed by atoms with Gasteiger partial charge in [0.05, 0.1) is 32.5 Å². The van der Waals surface area contributed by atoms with Gasteiger partial charge in [-0.15, -0.1) is 0 Å². The van der Waals surface area contributed by atoms with Crippen molar-refractivity contribution in [3.8, 4) is 0 Å². The number of H-pyrrole nitrogens is 1. The van der Waals surface area contributed by atoms with E-state index in [-0.39, 0.29) is 35.8 Å². The summed E-state index contributed by atoms with van der Waals surface area (Å²) in [6.45, 7) is 11.1. The molecule has 1 saturated carbocycles. The zero-order chi connectivity index (χ0) is 24.0. The van der Waals surface area contributed by atoms with Gasteiger partial charge in [0.2, 0.25) is 11.8 Å². The summed E-state index contributed by atoms with van der Waals surface area (Å²) < 4.78 is 0. The molecule has 1 atom stereocenters. The van der Waals surface area contributed by atoms with Crippen LogP contribution in [0.1, 0.15) is 62.3 Å². The maximum atomic E-state index is 13.3. The lowest BCUT2D eigenvalue weighted by atomic mass is 9.83. The number of carbonyl (C=O) groups excluding carboxylic acids is 2. The Morgan fingerprint density at radius 1 is 1.21 bits per heavy atom. The molecule has 178 valence electrons. The van der Waals surface area contributed by atoms with Crippen molar-refractivity contribution in [3.63, 3.8) is 0 Å². The van der Waals surface area contributed by atoms with Gasteiger partial charge in [-0.25, -0.2) is 0 Å². The summed E-state index contributed by atoms with van der Waals surface area (Å²) in [5.41, 5.74) is 2.12. The molecule has 1 aliphatic carbocycles. The molecule has 7 nitrogen and oxygen atoms in total. The van der Waals surface area contributed by atoms with Gasteiger partial charge in [-0.05, 0) is 32.3 Å². The molecule has 8 heteroatoms. The first-order chi connectivity index (χ1) is 15.5. The van der Waals surface area contributed by atoms with Gasteiger partial charge in [-0.2, -0.15) is 5.10 Å². The first kappa shape index (κ1) is 23.7. The molecule has 1 unspecified atom stereocenters. The molecular weight excluding hydrogens is 432 g/mol. The molecule has 0 bridgehead atoms. The van der Waals surface area contributed by atoms with Crippen LogP contribution in [0.15, 0.2) is 30.3 Å². The summed E-state index contributed by atoms with van der Waals surface area (Å²) in [7, 11) is -1.70. The fraction of sp³-hybridized carbons (Fsp3) is 0.560. The van der Waals surface area contributed by atoms with Crippen LogP contribution >= 0.6 is 0 Å². The van der Waals surface area contributed by atoms with Gasteiger partial charge < -0.3 is 15.3 Å². The minimum Gasteiger partial charge on any atom is -0.396 e. The number of hydrogen-bond donors (Lipinski definition) is 3. The van der Waals surface area contributed by atoms with E-state index in [1.165, 1.54) is 0 Å². The number of anilines is 1. The molecule has 0 spiro atoms. The van der Waals surface area contributed by atoms with Crippen LogP contribution in [0.5, 0.6) is 0 Å². The van der Waals surface area contributed by atoms with E-state index < -0.39 is 13.6 Å². The molecule has 0 saturated heterocycles. The molecule has 2 aliphatic rings. The van der Waals surface area contributed by atoms with Crippen LogP contribution in [0.4, 0.5) is 5.82 Å². The van der Waals surface area contributed by atoms with Crippen molar-refractivity contribution in [2.24, 2.45) is 0 Å². The van der Waals surface area contributed by atoms with Crippen molar-refractivity contribution in [1.82, 2.24) is 15.1 Å². The number of rotatable bonds is 7. The normalized spacial score (nSPS) is 19.5. The van der Waals surface area contributed by atoms with Gasteiger partial charge in [-0.1, -0.05) is 56.4 Å². The number of aliphatic hydroxyl groups is 1. The molecule has 1 aromatic heterocycles. The Hall–Kier alpha value is -2.45. The molecule has 1 aromatic carbocycles. The highest BCUT2D eigenvalue weighted by atomic mass is 28.3. The summed E-state index contributed by atoms with van der Waals surface area (Å²) in [4.78, 5) is 28.5. The molecule has 0 radical (unpaired) electrons. The first-order valence-electron chi connectivity index (χ1n) is 11.9. The van der Waals surface area contributed by atoms with Crippen LogP contribution in [0.25, 0.3) is 0 Å². The van der Waals surface area contributed by atoms with Gasteiger partial charge in [0.25, 0.3) is 0 Å². The maximum absolute atomic E-state index is 13.3. The lowest BCUT2D eigenvalue weighted by Gasteiger charge is -2.48. The molecule has 2 amide bonds. The number of hydrogen-bond acceptors (Lipinski definition) is 4. The maximum Gasteiger partial charge on any atom is 0.229 e. The Morgan fingerprint density at radius 2 is 1.88 bits per heavy atom. The van der Waals surface area contributed by atoms with Gasteiger partial charge in [0.15, 0.2) is 5.82 Å². The zero-order valence-corrected chi connectivity index (χ0v) is 21.4. The molecule has 2 aromatic rings. The van der Waals surface area contributed by atoms with E-state index in [0.29, 0.717) is 12.4 Å². The van der Waals surface area contributed by atoms with E-state index in [2.05, 4.69) is 35.2 Å². The van der Waals surface area contributed by atoms with Gasteiger partial charge >= 0.3 is 0 Å². The van der Waals surface area contributed by atoms with E-state index in [1.807, 2.05) is 49.1 Å². The third kappa shape index (κ3) is 3.93. The van der Waals surface area contributed by atoms with Crippen molar-refractivity contribution < 1.29 is 14.7 Å². The molecule has 2 heterocycles. The number of nitrogens with one attached hydrogen (secondary N) is 2. The van der Waals surface area contributed by atoms with Gasteiger partial charge in [0.1, 0.15) is 0 Å². The smallest absolute Gasteiger partial charge is 0.229 e. The van der Waals surface area contributed by atoms with Crippen molar-refractivity contribution in [3.05, 3.63) is 47.2 Å². The predicted octanol–water partition coefficient (Wildman–Crippen LogP) is 4.35. The van der Waals surface area contributed by atoms with Crippen LogP contribution in [-0.2, 0) is 21.7 Å². The Labute approximate surface area is 197 Å². The fourth-order valence-electron chi connectivity index (χ4n) is 5.43. The highest BCUT2D eigenvalue weighted by Gasteiger charge is 2.54. The number of amides is 2. The molecule has 33 heavy (non-hydrogen) atoms. The van der Waals surface area contributed by atoms with Crippen LogP contribution in [0.2, 0.25) is 24.7 Å². The third-order valence-electron chi connectivity index (χ3n) is 7.99. The Bertz CT molecular complexity index is 1040. The second-order valence-electron chi connectivity index (χ2n) is 11.1. The van der Waals surface area contributed by atoms with E-state index in [0.717, 1.165) is 36.1 Å². The minimum atomic E-state index is -1.70. The standard InChI is InChI=1S/C25H36N4O3Si/c1-24(2)21-19(15-29(24)20(31)14-18(16-30)17-10-7-6-8-11-17)22(28-27-21)26-23(32)25(12-9-13-25)33(3,4)5/h6-8,10-11,18,30H,9,12-16H2,1-5H3,(H2,26,27,28,32). The van der Waals surface area contributed by atoms with Gasteiger partial charge in [0, 0.05) is 22.9 Å². The highest BCUT2D eigenvalue weighted by molar-refractivity contribution is 6.83. The van der Waals surface area contributed by atoms with E-state index in [9.17, 15) is 14.7 Å². The van der Waals surface area contributed by atoms with E-state index in [1.54, 1.807) is 0 Å². The van der Waals surface area contributed by atoms with Gasteiger partial charge in [-0.3, -0.25) is 14.7 Å². The molecule has 1 aliphatic heterocycles. The summed E-state index contributed by atoms with van der Waals surface area (Å²) in [6, 6.07) is 9.65. The summed E-state index contributed by atoms with van der Waals surface area (Å²) in [5.74, 6) is 0.349. The number of aromatic amines is 1. The lowest BCUT2D eigenvalue weighted by Crippen LogP contribution is -2.52. The van der Waals surface area contributed by atoms with Crippen LogP contribution < -0.4 is 5.32 Å². The predicted molar refractivity (Wildman–Crippen MR) is 132 cm³/mol. The zero-order valence-electron chi connectivity index (χ0n) is 20.4. The Balaban J connectivity index is 1.52. The quantitative estimate of drug-likeness (QED) is 0.526. The molecule has 4 rings (SSSR count). The lowest BCUT2D eigenvalue weighted by molar-refractivity contribution is -0.137. The van der Waals surface area contributed by atoms with Crippen molar-refractivity contribution in [2.45, 2.75) is 82.2 Å². The average molecular weight is 469 g/mol. The highest BCUT2D eigenvalue weighted by Crippen LogP contribution is 2.56. The minimum absolute atomic E-state index is 0.0256. The van der Waals surface area contributed by atoms with Crippen LogP contribution in [0.3, 0.4) is 0 Å². The monoisotopic (exact) mass is 468 g/mol. The van der Waals surface area contributed by atoms with Crippen molar-refractivity contribution in [2.75, 3.05) is 11.9 Å². The number of nitrogens with zero attached hydrogens (tertiary/aromatic N) is 2. The largest absolute Gasteiger partial charge is 0.396 e.